The van der Waals surface area contributed by atoms with Gasteiger partial charge in [-0.3, -0.25) is 9.78 Å². The molecule has 1 aliphatic heterocycles. The maximum atomic E-state index is 13.2. The monoisotopic (exact) mass is 466 g/mol. The highest BCUT2D eigenvalue weighted by atomic mass is 32.2. The number of hydrogen-bond donors (Lipinski definition) is 1. The smallest absolute Gasteiger partial charge is 0.253 e. The van der Waals surface area contributed by atoms with Crippen LogP contribution in [0.25, 0.3) is 10.9 Å². The van der Waals surface area contributed by atoms with Gasteiger partial charge in [0.2, 0.25) is 10.0 Å². The number of anilines is 1. The average molecular weight is 467 g/mol. The van der Waals surface area contributed by atoms with E-state index in [9.17, 15) is 13.2 Å². The summed E-state index contributed by atoms with van der Waals surface area (Å²) in [5.41, 5.74) is 3.18. The number of carbonyl (C=O) groups excluding carboxylic acids is 1. The Morgan fingerprint density at radius 2 is 1.82 bits per heavy atom. The number of amides is 1. The van der Waals surface area contributed by atoms with Gasteiger partial charge < -0.3 is 10.2 Å². The Bertz CT molecular complexity index is 1250. The van der Waals surface area contributed by atoms with Gasteiger partial charge in [0.05, 0.1) is 16.0 Å². The topological polar surface area (TPSA) is 82.6 Å². The molecule has 0 spiro atoms. The number of para-hydroxylation sites is 1. The lowest BCUT2D eigenvalue weighted by atomic mass is 10.1. The molecule has 2 aromatic carbocycles. The Morgan fingerprint density at radius 3 is 2.58 bits per heavy atom. The Kier molecular flexibility index (Phi) is 6.95. The highest BCUT2D eigenvalue weighted by Gasteiger charge is 2.24. The molecule has 2 heterocycles. The third-order valence-electron chi connectivity index (χ3n) is 6.08. The van der Waals surface area contributed by atoms with Crippen molar-refractivity contribution in [3.05, 3.63) is 65.9 Å². The predicted molar refractivity (Wildman–Crippen MR) is 131 cm³/mol. The summed E-state index contributed by atoms with van der Waals surface area (Å²) in [6.07, 6.45) is 5.70. The molecule has 0 atom stereocenters. The van der Waals surface area contributed by atoms with Crippen molar-refractivity contribution in [1.82, 2.24) is 14.6 Å². The third-order valence-corrected chi connectivity index (χ3v) is 7.90. The van der Waals surface area contributed by atoms with Crippen LogP contribution in [0.4, 0.5) is 5.69 Å². The zero-order valence-corrected chi connectivity index (χ0v) is 19.9. The van der Waals surface area contributed by atoms with Gasteiger partial charge in [-0.05, 0) is 55.5 Å². The number of fused-ring (bicyclic) bond motifs is 1. The number of carbonyl (C=O) groups is 1. The number of nitrogens with zero attached hydrogens (tertiary/aromatic N) is 3. The Labute approximate surface area is 195 Å². The zero-order valence-electron chi connectivity index (χ0n) is 19.1. The molecule has 1 aromatic heterocycles. The van der Waals surface area contributed by atoms with E-state index in [1.54, 1.807) is 18.3 Å². The Balaban J connectivity index is 1.57. The van der Waals surface area contributed by atoms with Gasteiger partial charge in [0.25, 0.3) is 5.91 Å². The highest BCUT2D eigenvalue weighted by Crippen LogP contribution is 2.28. The van der Waals surface area contributed by atoms with Gasteiger partial charge in [-0.15, -0.1) is 0 Å². The minimum Gasteiger partial charge on any atom is -0.371 e. The van der Waals surface area contributed by atoms with E-state index < -0.39 is 10.0 Å². The van der Waals surface area contributed by atoms with E-state index in [1.807, 2.05) is 30.3 Å². The van der Waals surface area contributed by atoms with Crippen LogP contribution >= 0.6 is 0 Å². The number of rotatable bonds is 7. The fourth-order valence-corrected chi connectivity index (χ4v) is 5.18. The number of benzene rings is 2. The van der Waals surface area contributed by atoms with Crippen molar-refractivity contribution in [2.24, 2.45) is 0 Å². The molecule has 4 rings (SSSR count). The molecule has 3 aromatic rings. The SMILES string of the molecule is CN(C)S(=O)(=O)c1ccc(N2CCCCC2)c(C(=O)NCCc2cccc3cccnc23)c1. The summed E-state index contributed by atoms with van der Waals surface area (Å²) >= 11 is 0. The number of aromatic nitrogens is 1. The molecule has 7 nitrogen and oxygen atoms in total. The molecule has 1 amide bonds. The van der Waals surface area contributed by atoms with Gasteiger partial charge in [0.15, 0.2) is 0 Å². The van der Waals surface area contributed by atoms with Crippen molar-refractivity contribution in [2.75, 3.05) is 38.6 Å². The second-order valence-electron chi connectivity index (χ2n) is 8.51. The Hall–Kier alpha value is -2.97. The highest BCUT2D eigenvalue weighted by molar-refractivity contribution is 7.89. The summed E-state index contributed by atoms with van der Waals surface area (Å²) in [7, 11) is -0.658. The Morgan fingerprint density at radius 1 is 1.06 bits per heavy atom. The van der Waals surface area contributed by atoms with Crippen LogP contribution in [0, 0.1) is 0 Å². The summed E-state index contributed by atoms with van der Waals surface area (Å²) in [4.78, 5) is 20.0. The number of piperidine rings is 1. The van der Waals surface area contributed by atoms with Crippen LogP contribution in [0.5, 0.6) is 0 Å². The van der Waals surface area contributed by atoms with E-state index in [2.05, 4.69) is 15.2 Å². The lowest BCUT2D eigenvalue weighted by Gasteiger charge is -2.30. The van der Waals surface area contributed by atoms with Gasteiger partial charge in [0, 0.05) is 51.0 Å². The van der Waals surface area contributed by atoms with Crippen molar-refractivity contribution >= 4 is 32.5 Å². The molecule has 33 heavy (non-hydrogen) atoms. The van der Waals surface area contributed by atoms with Gasteiger partial charge in [-0.25, -0.2) is 12.7 Å². The fourth-order valence-electron chi connectivity index (χ4n) is 4.25. The van der Waals surface area contributed by atoms with Crippen LogP contribution < -0.4 is 10.2 Å². The molecule has 0 saturated carbocycles. The maximum absolute atomic E-state index is 13.2. The zero-order chi connectivity index (χ0) is 23.4. The number of nitrogens with one attached hydrogen (secondary N) is 1. The summed E-state index contributed by atoms with van der Waals surface area (Å²) in [6.45, 7) is 2.15. The molecule has 1 fully saturated rings. The van der Waals surface area contributed by atoms with Gasteiger partial charge >= 0.3 is 0 Å². The van der Waals surface area contributed by atoms with Crippen molar-refractivity contribution in [2.45, 2.75) is 30.6 Å². The van der Waals surface area contributed by atoms with Crippen molar-refractivity contribution in [1.29, 1.82) is 0 Å². The predicted octanol–water partition coefficient (Wildman–Crippen LogP) is 3.45. The summed E-state index contributed by atoms with van der Waals surface area (Å²) < 4.78 is 26.5. The van der Waals surface area contributed by atoms with Crippen LogP contribution in [0.2, 0.25) is 0 Å². The number of hydrogen-bond acceptors (Lipinski definition) is 5. The summed E-state index contributed by atoms with van der Waals surface area (Å²) in [5, 5.41) is 4.06. The first-order valence-corrected chi connectivity index (χ1v) is 12.7. The second kappa shape index (κ2) is 9.89. The average Bonchev–Trinajstić information content (AvgIpc) is 2.84. The van der Waals surface area contributed by atoms with Gasteiger partial charge in [0.1, 0.15) is 0 Å². The standard InChI is InChI=1S/C25H30N4O3S/c1-28(2)33(31,32)21-11-12-23(29-16-4-3-5-17-29)22(18-21)25(30)27-15-13-20-9-6-8-19-10-7-14-26-24(19)20/h6-12,14,18H,3-5,13,15-17H2,1-2H3,(H,27,30). The molecule has 1 N–H and O–H groups in total. The van der Waals surface area contributed by atoms with Gasteiger partial charge in [-0.1, -0.05) is 24.3 Å². The first kappa shape index (κ1) is 23.2. The van der Waals surface area contributed by atoms with Crippen LogP contribution in [0.3, 0.4) is 0 Å². The minimum atomic E-state index is -3.64. The van der Waals surface area contributed by atoms with Crippen LogP contribution in [-0.4, -0.2) is 57.3 Å². The van der Waals surface area contributed by atoms with Crippen molar-refractivity contribution in [3.63, 3.8) is 0 Å². The van der Waals surface area contributed by atoms with Crippen LogP contribution in [0.15, 0.2) is 59.6 Å². The molecule has 0 radical (unpaired) electrons. The van der Waals surface area contributed by atoms with Crippen LogP contribution in [-0.2, 0) is 16.4 Å². The van der Waals surface area contributed by atoms with E-state index in [1.165, 1.54) is 26.6 Å². The molecule has 8 heteroatoms. The van der Waals surface area contributed by atoms with Crippen LogP contribution in [0.1, 0.15) is 35.2 Å². The van der Waals surface area contributed by atoms with Crippen molar-refractivity contribution < 1.29 is 13.2 Å². The summed E-state index contributed by atoms with van der Waals surface area (Å²) in [6, 6.07) is 14.8. The second-order valence-corrected chi connectivity index (χ2v) is 10.7. The van der Waals surface area contributed by atoms with E-state index >= 15 is 0 Å². The third kappa shape index (κ3) is 5.02. The lowest BCUT2D eigenvalue weighted by Crippen LogP contribution is -2.33. The largest absolute Gasteiger partial charge is 0.371 e. The molecule has 1 aliphatic rings. The molecular formula is C25H30N4O3S. The molecular weight excluding hydrogens is 436 g/mol. The van der Waals surface area contributed by atoms with E-state index in [-0.39, 0.29) is 10.8 Å². The van der Waals surface area contributed by atoms with Gasteiger partial charge in [-0.2, -0.15) is 0 Å². The first-order chi connectivity index (χ1) is 15.9. The number of sulfonamides is 1. The van der Waals surface area contributed by atoms with E-state index in [4.69, 9.17) is 0 Å². The normalized spacial score (nSPS) is 14.6. The molecule has 0 bridgehead atoms. The maximum Gasteiger partial charge on any atom is 0.253 e. The summed E-state index contributed by atoms with van der Waals surface area (Å²) in [5.74, 6) is -0.264. The number of pyridine rings is 1. The van der Waals surface area contributed by atoms with E-state index in [0.29, 0.717) is 18.5 Å². The van der Waals surface area contributed by atoms with E-state index in [0.717, 1.165) is 52.4 Å². The quantitative estimate of drug-likeness (QED) is 0.577. The first-order valence-electron chi connectivity index (χ1n) is 11.3. The fraction of sp³-hybridized carbons (Fsp3) is 0.360. The lowest BCUT2D eigenvalue weighted by molar-refractivity contribution is 0.0954. The molecule has 174 valence electrons. The van der Waals surface area contributed by atoms with Crippen molar-refractivity contribution in [3.8, 4) is 0 Å². The molecule has 1 saturated heterocycles. The molecule has 0 aliphatic carbocycles. The minimum absolute atomic E-state index is 0.122. The molecule has 0 unspecified atom stereocenters.